The number of unbranched alkanes of at least 4 members (excludes halogenated alkanes) is 1. The molecule has 1 heterocycles. The molecule has 0 radical (unpaired) electrons. The molecule has 2 aromatic carbocycles. The Bertz CT molecular complexity index is 957. The molecule has 0 spiro atoms. The quantitative estimate of drug-likeness (QED) is 0.488. The number of rotatable bonds is 9. The summed E-state index contributed by atoms with van der Waals surface area (Å²) in [7, 11) is 0. The second-order valence-electron chi connectivity index (χ2n) is 6.77. The van der Waals surface area contributed by atoms with Gasteiger partial charge in [-0.1, -0.05) is 59.6 Å². The Hall–Kier alpha value is -2.34. The smallest absolute Gasteiger partial charge is 0.255 e. The van der Waals surface area contributed by atoms with Crippen LogP contribution in [0.25, 0.3) is 11.3 Å². The van der Waals surface area contributed by atoms with Gasteiger partial charge in [0, 0.05) is 24.8 Å². The molecule has 0 saturated carbocycles. The van der Waals surface area contributed by atoms with E-state index in [9.17, 15) is 4.79 Å². The van der Waals surface area contributed by atoms with Gasteiger partial charge in [-0.3, -0.25) is 9.48 Å². The first-order chi connectivity index (χ1) is 14.1. The average molecular weight is 431 g/mol. The first kappa shape index (κ1) is 21.4. The van der Waals surface area contributed by atoms with Crippen LogP contribution in [0.2, 0.25) is 10.0 Å². The maximum Gasteiger partial charge on any atom is 0.255 e. The van der Waals surface area contributed by atoms with Crippen molar-refractivity contribution in [3.8, 4) is 11.3 Å². The van der Waals surface area contributed by atoms with E-state index < -0.39 is 0 Å². The molecule has 152 valence electrons. The summed E-state index contributed by atoms with van der Waals surface area (Å²) in [6.45, 7) is 1.87. The SMILES string of the molecule is NCCCCn1cc(C(=O)NCCc2ccccc2)c(-c2ccc(Cl)c(Cl)c2)n1. The van der Waals surface area contributed by atoms with Crippen LogP contribution < -0.4 is 11.1 Å². The Labute approximate surface area is 180 Å². The van der Waals surface area contributed by atoms with Gasteiger partial charge < -0.3 is 11.1 Å². The zero-order chi connectivity index (χ0) is 20.6. The average Bonchev–Trinajstić information content (AvgIpc) is 3.15. The highest BCUT2D eigenvalue weighted by Gasteiger charge is 2.18. The van der Waals surface area contributed by atoms with Crippen molar-refractivity contribution in [1.82, 2.24) is 15.1 Å². The number of halogens is 2. The van der Waals surface area contributed by atoms with E-state index in [0.29, 0.717) is 40.9 Å². The number of nitrogens with two attached hydrogens (primary N) is 1. The lowest BCUT2D eigenvalue weighted by molar-refractivity contribution is 0.0954. The van der Waals surface area contributed by atoms with Crippen LogP contribution in [0.3, 0.4) is 0 Å². The zero-order valence-corrected chi connectivity index (χ0v) is 17.6. The fourth-order valence-corrected chi connectivity index (χ4v) is 3.34. The minimum absolute atomic E-state index is 0.160. The van der Waals surface area contributed by atoms with Gasteiger partial charge in [0.2, 0.25) is 0 Å². The molecule has 0 fully saturated rings. The van der Waals surface area contributed by atoms with Crippen molar-refractivity contribution < 1.29 is 4.79 Å². The molecule has 3 rings (SSSR count). The molecule has 1 amide bonds. The predicted molar refractivity (Wildman–Crippen MR) is 118 cm³/mol. The number of hydrogen-bond acceptors (Lipinski definition) is 3. The van der Waals surface area contributed by atoms with Gasteiger partial charge in [0.15, 0.2) is 0 Å². The van der Waals surface area contributed by atoms with Crippen molar-refractivity contribution in [1.29, 1.82) is 0 Å². The van der Waals surface area contributed by atoms with E-state index in [4.69, 9.17) is 28.9 Å². The summed E-state index contributed by atoms with van der Waals surface area (Å²) >= 11 is 12.2. The molecule has 0 aliphatic carbocycles. The van der Waals surface area contributed by atoms with Gasteiger partial charge in [-0.25, -0.2) is 0 Å². The van der Waals surface area contributed by atoms with Gasteiger partial charge in [0.1, 0.15) is 5.69 Å². The molecule has 3 aromatic rings. The molecule has 0 aliphatic heterocycles. The first-order valence-corrected chi connectivity index (χ1v) is 10.4. The lowest BCUT2D eigenvalue weighted by atomic mass is 10.1. The van der Waals surface area contributed by atoms with Crippen molar-refractivity contribution in [3.63, 3.8) is 0 Å². The molecule has 5 nitrogen and oxygen atoms in total. The van der Waals surface area contributed by atoms with Gasteiger partial charge in [-0.15, -0.1) is 0 Å². The number of hydrogen-bond donors (Lipinski definition) is 2. The van der Waals surface area contributed by atoms with E-state index in [1.807, 2.05) is 36.4 Å². The van der Waals surface area contributed by atoms with Crippen LogP contribution in [0, 0.1) is 0 Å². The van der Waals surface area contributed by atoms with Crippen molar-refractivity contribution >= 4 is 29.1 Å². The second kappa shape index (κ2) is 10.4. The number of carbonyl (C=O) groups is 1. The maximum absolute atomic E-state index is 12.9. The summed E-state index contributed by atoms with van der Waals surface area (Å²) in [5, 5.41) is 8.51. The Morgan fingerprint density at radius 3 is 2.59 bits per heavy atom. The molecule has 0 bridgehead atoms. The van der Waals surface area contributed by atoms with Crippen LogP contribution in [0.4, 0.5) is 0 Å². The topological polar surface area (TPSA) is 72.9 Å². The third-order valence-corrected chi connectivity index (χ3v) is 5.32. The summed E-state index contributed by atoms with van der Waals surface area (Å²) in [5.74, 6) is -0.160. The lowest BCUT2D eigenvalue weighted by Crippen LogP contribution is -2.25. The third-order valence-electron chi connectivity index (χ3n) is 4.58. The molecule has 1 aromatic heterocycles. The summed E-state index contributed by atoms with van der Waals surface area (Å²) in [6, 6.07) is 15.3. The van der Waals surface area contributed by atoms with E-state index in [1.54, 1.807) is 23.0 Å². The Morgan fingerprint density at radius 2 is 1.86 bits per heavy atom. The van der Waals surface area contributed by atoms with Crippen molar-refractivity contribution in [3.05, 3.63) is 75.9 Å². The van der Waals surface area contributed by atoms with E-state index in [1.165, 1.54) is 5.56 Å². The minimum atomic E-state index is -0.160. The van der Waals surface area contributed by atoms with Crippen LogP contribution >= 0.6 is 23.2 Å². The van der Waals surface area contributed by atoms with Gasteiger partial charge in [0.05, 0.1) is 15.6 Å². The molecule has 0 saturated heterocycles. The molecule has 7 heteroatoms. The monoisotopic (exact) mass is 430 g/mol. The Kier molecular flexibility index (Phi) is 7.69. The number of amides is 1. The van der Waals surface area contributed by atoms with Gasteiger partial charge >= 0.3 is 0 Å². The molecule has 3 N–H and O–H groups in total. The summed E-state index contributed by atoms with van der Waals surface area (Å²) in [6.07, 6.45) is 4.35. The fraction of sp³-hybridized carbons (Fsp3) is 0.273. The largest absolute Gasteiger partial charge is 0.352 e. The number of aromatic nitrogens is 2. The molecule has 29 heavy (non-hydrogen) atoms. The number of benzene rings is 2. The van der Waals surface area contributed by atoms with Crippen LogP contribution in [-0.2, 0) is 13.0 Å². The molecule has 0 atom stereocenters. The zero-order valence-electron chi connectivity index (χ0n) is 16.1. The highest BCUT2D eigenvalue weighted by atomic mass is 35.5. The van der Waals surface area contributed by atoms with Gasteiger partial charge in [-0.05, 0) is 43.5 Å². The van der Waals surface area contributed by atoms with E-state index >= 15 is 0 Å². The number of nitrogens with one attached hydrogen (secondary N) is 1. The highest BCUT2D eigenvalue weighted by Crippen LogP contribution is 2.29. The van der Waals surface area contributed by atoms with Crippen molar-refractivity contribution in [2.24, 2.45) is 5.73 Å². The molecular weight excluding hydrogens is 407 g/mol. The van der Waals surface area contributed by atoms with Crippen LogP contribution in [-0.4, -0.2) is 28.8 Å². The predicted octanol–water partition coefficient (Wildman–Crippen LogP) is 4.57. The number of carbonyl (C=O) groups excluding carboxylic acids is 1. The maximum atomic E-state index is 12.9. The van der Waals surface area contributed by atoms with E-state index in [2.05, 4.69) is 10.4 Å². The van der Waals surface area contributed by atoms with Gasteiger partial charge in [0.25, 0.3) is 5.91 Å². The lowest BCUT2D eigenvalue weighted by Gasteiger charge is -2.06. The fourth-order valence-electron chi connectivity index (χ4n) is 3.04. The first-order valence-electron chi connectivity index (χ1n) is 9.63. The van der Waals surface area contributed by atoms with Crippen molar-refractivity contribution in [2.45, 2.75) is 25.8 Å². The molecule has 0 unspecified atom stereocenters. The summed E-state index contributed by atoms with van der Waals surface area (Å²) < 4.78 is 1.79. The molecular formula is C22H24Cl2N4O. The molecule has 0 aliphatic rings. The van der Waals surface area contributed by atoms with Crippen LogP contribution in [0.15, 0.2) is 54.7 Å². The highest BCUT2D eigenvalue weighted by molar-refractivity contribution is 6.42. The summed E-state index contributed by atoms with van der Waals surface area (Å²) in [5.41, 5.74) is 8.62. The van der Waals surface area contributed by atoms with E-state index in [0.717, 1.165) is 24.8 Å². The second-order valence-corrected chi connectivity index (χ2v) is 7.59. The normalized spacial score (nSPS) is 10.9. The van der Waals surface area contributed by atoms with Crippen LogP contribution in [0.5, 0.6) is 0 Å². The number of aryl methyl sites for hydroxylation is 1. The number of nitrogens with zero attached hydrogens (tertiary/aromatic N) is 2. The van der Waals surface area contributed by atoms with Crippen LogP contribution in [0.1, 0.15) is 28.8 Å². The van der Waals surface area contributed by atoms with Crippen molar-refractivity contribution in [2.75, 3.05) is 13.1 Å². The standard InChI is InChI=1S/C22H24Cl2N4O/c23-19-9-8-17(14-20(19)24)21-18(15-28(27-21)13-5-4-11-25)22(29)26-12-10-16-6-2-1-3-7-16/h1-3,6-9,14-15H,4-5,10-13,25H2,(H,26,29). The summed E-state index contributed by atoms with van der Waals surface area (Å²) in [4.78, 5) is 12.9. The minimum Gasteiger partial charge on any atom is -0.352 e. The Morgan fingerprint density at radius 1 is 1.07 bits per heavy atom. The Balaban J connectivity index is 1.78. The third kappa shape index (κ3) is 5.82. The van der Waals surface area contributed by atoms with E-state index in [-0.39, 0.29) is 5.91 Å². The van der Waals surface area contributed by atoms with Gasteiger partial charge in [-0.2, -0.15) is 5.10 Å².